The lowest BCUT2D eigenvalue weighted by molar-refractivity contribution is 0.285. The highest BCUT2D eigenvalue weighted by Gasteiger charge is 1.98. The molecule has 4 heteroatoms. The van der Waals surface area contributed by atoms with Crippen LogP contribution in [-0.4, -0.2) is 33.8 Å². The summed E-state index contributed by atoms with van der Waals surface area (Å²) in [4.78, 5) is 0. The largest absolute Gasteiger partial charge is 0.396 e. The monoisotopic (exact) mass is 168 g/mol. The van der Waals surface area contributed by atoms with Crippen LogP contribution in [0.3, 0.4) is 0 Å². The fraction of sp³-hybridized carbons (Fsp3) is 1.00. The maximum Gasteiger partial charge on any atom is 0.108 e. The smallest absolute Gasteiger partial charge is 0.108 e. The molecule has 9 heavy (non-hydrogen) atoms. The number of hydrogen-bond acceptors (Lipinski definition) is 4. The van der Waals surface area contributed by atoms with E-state index in [0.29, 0.717) is 5.75 Å². The Balaban J connectivity index is 2.88. The predicted octanol–water partition coefficient (Wildman–Crippen LogP) is 0.350. The van der Waals surface area contributed by atoms with Crippen LogP contribution in [0.15, 0.2) is 0 Å². The van der Waals surface area contributed by atoms with Crippen LogP contribution in [0.1, 0.15) is 6.42 Å². The average molecular weight is 168 g/mol. The van der Waals surface area contributed by atoms with E-state index in [2.05, 4.69) is 12.6 Å². The lowest BCUT2D eigenvalue weighted by Crippen LogP contribution is -2.03. The van der Waals surface area contributed by atoms with Crippen LogP contribution in [0.2, 0.25) is 0 Å². The van der Waals surface area contributed by atoms with Gasteiger partial charge in [-0.3, -0.25) is 0 Å². The van der Waals surface area contributed by atoms with Crippen LogP contribution in [-0.2, 0) is 0 Å². The Bertz CT molecular complexity index is 60.9. The van der Waals surface area contributed by atoms with Crippen molar-refractivity contribution in [3.63, 3.8) is 0 Å². The molecule has 1 atom stereocenters. The highest BCUT2D eigenvalue weighted by molar-refractivity contribution is 8.00. The molecule has 0 saturated carbocycles. The third-order valence-corrected chi connectivity index (χ3v) is 2.44. The van der Waals surface area contributed by atoms with E-state index in [9.17, 15) is 0 Å². The van der Waals surface area contributed by atoms with Gasteiger partial charge in [-0.1, -0.05) is 0 Å². The van der Waals surface area contributed by atoms with E-state index >= 15 is 0 Å². The molecule has 0 spiro atoms. The molecule has 0 fully saturated rings. The van der Waals surface area contributed by atoms with Gasteiger partial charge in [-0.05, 0) is 12.2 Å². The molecule has 2 N–H and O–H groups in total. The van der Waals surface area contributed by atoms with Crippen molar-refractivity contribution in [2.75, 3.05) is 18.1 Å². The quantitative estimate of drug-likeness (QED) is 0.315. The second-order valence-corrected chi connectivity index (χ2v) is 3.24. The van der Waals surface area contributed by atoms with E-state index in [-0.39, 0.29) is 12.0 Å². The van der Waals surface area contributed by atoms with E-state index in [0.717, 1.165) is 12.2 Å². The van der Waals surface area contributed by atoms with Gasteiger partial charge < -0.3 is 10.2 Å². The number of thioether (sulfide) groups is 1. The SMILES string of the molecule is OCCCSC(O)CS. The lowest BCUT2D eigenvalue weighted by atomic mass is 10.5. The zero-order valence-corrected chi connectivity index (χ0v) is 6.87. The zero-order chi connectivity index (χ0) is 7.11. The van der Waals surface area contributed by atoms with Crippen molar-refractivity contribution in [2.24, 2.45) is 0 Å². The molecule has 0 aliphatic heterocycles. The van der Waals surface area contributed by atoms with Gasteiger partial charge >= 0.3 is 0 Å². The van der Waals surface area contributed by atoms with Gasteiger partial charge in [0.1, 0.15) is 5.44 Å². The molecule has 0 bridgehead atoms. The van der Waals surface area contributed by atoms with Crippen molar-refractivity contribution in [1.82, 2.24) is 0 Å². The Morgan fingerprint density at radius 2 is 2.22 bits per heavy atom. The van der Waals surface area contributed by atoms with E-state index < -0.39 is 0 Å². The van der Waals surface area contributed by atoms with Gasteiger partial charge in [0.25, 0.3) is 0 Å². The summed E-state index contributed by atoms with van der Waals surface area (Å²) in [5.41, 5.74) is -0.375. The molecule has 0 aliphatic carbocycles. The Hall–Kier alpha value is 0.620. The Kier molecular flexibility index (Phi) is 7.20. The summed E-state index contributed by atoms with van der Waals surface area (Å²) < 4.78 is 0. The first-order valence-electron chi connectivity index (χ1n) is 2.82. The van der Waals surface area contributed by atoms with E-state index in [1.807, 2.05) is 0 Å². The van der Waals surface area contributed by atoms with Crippen molar-refractivity contribution in [1.29, 1.82) is 0 Å². The average Bonchev–Trinajstić information content (AvgIpc) is 1.89. The summed E-state index contributed by atoms with van der Waals surface area (Å²) >= 11 is 5.30. The van der Waals surface area contributed by atoms with Gasteiger partial charge in [0.2, 0.25) is 0 Å². The normalized spacial score (nSPS) is 13.7. The number of aliphatic hydroxyl groups is 2. The lowest BCUT2D eigenvalue weighted by Gasteiger charge is -2.04. The van der Waals surface area contributed by atoms with Crippen molar-refractivity contribution < 1.29 is 10.2 Å². The molecular formula is C5H12O2S2. The molecule has 0 aliphatic rings. The van der Waals surface area contributed by atoms with Crippen molar-refractivity contribution >= 4 is 24.4 Å². The van der Waals surface area contributed by atoms with Gasteiger partial charge in [0, 0.05) is 12.4 Å². The van der Waals surface area contributed by atoms with Crippen LogP contribution >= 0.6 is 24.4 Å². The van der Waals surface area contributed by atoms with Crippen LogP contribution in [0.25, 0.3) is 0 Å². The molecule has 1 unspecified atom stereocenters. The van der Waals surface area contributed by atoms with Crippen LogP contribution in [0.4, 0.5) is 0 Å². The molecule has 56 valence electrons. The number of thiol groups is 1. The van der Waals surface area contributed by atoms with Crippen molar-refractivity contribution in [2.45, 2.75) is 11.9 Å². The van der Waals surface area contributed by atoms with Crippen molar-refractivity contribution in [3.05, 3.63) is 0 Å². The van der Waals surface area contributed by atoms with E-state index in [1.165, 1.54) is 11.8 Å². The molecule has 0 heterocycles. The third-order valence-electron chi connectivity index (χ3n) is 0.769. The fourth-order valence-corrected chi connectivity index (χ4v) is 1.33. The maximum absolute atomic E-state index is 8.89. The van der Waals surface area contributed by atoms with Gasteiger partial charge in [-0.25, -0.2) is 0 Å². The standard InChI is InChI=1S/C5H12O2S2/c6-2-1-3-9-5(7)4-8/h5-8H,1-4H2. The first-order chi connectivity index (χ1) is 4.31. The maximum atomic E-state index is 8.89. The second kappa shape index (κ2) is 6.74. The summed E-state index contributed by atoms with van der Waals surface area (Å²) in [6.45, 7) is 0.201. The van der Waals surface area contributed by atoms with E-state index in [1.54, 1.807) is 0 Å². The highest BCUT2D eigenvalue weighted by Crippen LogP contribution is 2.09. The summed E-state index contributed by atoms with van der Waals surface area (Å²) in [5, 5.41) is 17.2. The highest BCUT2D eigenvalue weighted by atomic mass is 32.2. The minimum absolute atomic E-state index is 0.201. The molecule has 0 aromatic carbocycles. The van der Waals surface area contributed by atoms with Crippen LogP contribution in [0.5, 0.6) is 0 Å². The summed E-state index contributed by atoms with van der Waals surface area (Å²) in [5.74, 6) is 1.29. The molecule has 0 aromatic heterocycles. The van der Waals surface area contributed by atoms with Crippen LogP contribution < -0.4 is 0 Å². The van der Waals surface area contributed by atoms with Gasteiger partial charge in [0.15, 0.2) is 0 Å². The molecule has 0 radical (unpaired) electrons. The first kappa shape index (κ1) is 9.62. The second-order valence-electron chi connectivity index (χ2n) is 1.59. The minimum Gasteiger partial charge on any atom is -0.396 e. The van der Waals surface area contributed by atoms with Gasteiger partial charge in [-0.15, -0.1) is 11.8 Å². The molecule has 0 rings (SSSR count). The Morgan fingerprint density at radius 1 is 1.56 bits per heavy atom. The Morgan fingerprint density at radius 3 is 2.67 bits per heavy atom. The van der Waals surface area contributed by atoms with E-state index in [4.69, 9.17) is 10.2 Å². The zero-order valence-electron chi connectivity index (χ0n) is 5.16. The molecule has 0 saturated heterocycles. The fourth-order valence-electron chi connectivity index (χ4n) is 0.337. The third kappa shape index (κ3) is 6.51. The van der Waals surface area contributed by atoms with Crippen LogP contribution in [0, 0.1) is 0 Å². The van der Waals surface area contributed by atoms with Gasteiger partial charge in [0.05, 0.1) is 0 Å². The molecular weight excluding hydrogens is 156 g/mol. The topological polar surface area (TPSA) is 40.5 Å². The Labute approximate surface area is 65.1 Å². The predicted molar refractivity (Wildman–Crippen MR) is 44.0 cm³/mol. The molecule has 0 aromatic rings. The number of rotatable bonds is 5. The number of hydrogen-bond donors (Lipinski definition) is 3. The molecule has 0 amide bonds. The summed E-state index contributed by atoms with van der Waals surface area (Å²) in [7, 11) is 0. The van der Waals surface area contributed by atoms with Crippen molar-refractivity contribution in [3.8, 4) is 0 Å². The summed E-state index contributed by atoms with van der Waals surface area (Å²) in [6, 6.07) is 0. The molecule has 2 nitrogen and oxygen atoms in total. The van der Waals surface area contributed by atoms with Gasteiger partial charge in [-0.2, -0.15) is 12.6 Å². The summed E-state index contributed by atoms with van der Waals surface area (Å²) in [6.07, 6.45) is 0.746. The number of aliphatic hydroxyl groups excluding tert-OH is 2. The minimum atomic E-state index is -0.375. The first-order valence-corrected chi connectivity index (χ1v) is 4.50.